The molecule has 0 spiro atoms. The van der Waals surface area contributed by atoms with Gasteiger partial charge in [-0.05, 0) is 30.7 Å². The summed E-state index contributed by atoms with van der Waals surface area (Å²) in [7, 11) is 1.89. The molecule has 98 valence electrons. The third-order valence-electron chi connectivity index (χ3n) is 2.63. The van der Waals surface area contributed by atoms with Crippen LogP contribution in [0.2, 0.25) is 0 Å². The molecule has 0 aliphatic rings. The first-order valence-corrected chi connectivity index (χ1v) is 6.48. The predicted molar refractivity (Wildman–Crippen MR) is 76.3 cm³/mol. The molecule has 0 unspecified atom stereocenters. The summed E-state index contributed by atoms with van der Waals surface area (Å²) >= 11 is 5.54. The standard InChI is InChI=1S/C15H15ClN2O/c1-12-8-13(4-3-7-16)5-6-15(12)19-11-14-9-17-18(2)10-14/h5-6,8-10H,7,11H2,1-2H3. The van der Waals surface area contributed by atoms with E-state index in [0.29, 0.717) is 12.5 Å². The van der Waals surface area contributed by atoms with E-state index >= 15 is 0 Å². The number of alkyl halides is 1. The minimum Gasteiger partial charge on any atom is -0.489 e. The average Bonchev–Trinajstić information content (AvgIpc) is 2.81. The monoisotopic (exact) mass is 274 g/mol. The minimum absolute atomic E-state index is 0.346. The maximum absolute atomic E-state index is 5.77. The number of rotatable bonds is 3. The molecule has 1 aromatic heterocycles. The van der Waals surface area contributed by atoms with E-state index in [0.717, 1.165) is 22.4 Å². The SMILES string of the molecule is Cc1cc(C#CCCl)ccc1OCc1cnn(C)c1. The van der Waals surface area contributed by atoms with Crippen LogP contribution in [0.25, 0.3) is 0 Å². The van der Waals surface area contributed by atoms with Crippen molar-refractivity contribution in [1.82, 2.24) is 9.78 Å². The van der Waals surface area contributed by atoms with Gasteiger partial charge in [-0.25, -0.2) is 0 Å². The van der Waals surface area contributed by atoms with Gasteiger partial charge in [0.25, 0.3) is 0 Å². The molecular formula is C15H15ClN2O. The fourth-order valence-electron chi connectivity index (χ4n) is 1.73. The van der Waals surface area contributed by atoms with Crippen LogP contribution in [0.4, 0.5) is 0 Å². The predicted octanol–water partition coefficient (Wildman–Crippen LogP) is 2.90. The molecule has 2 rings (SSSR count). The summed E-state index contributed by atoms with van der Waals surface area (Å²) in [5.74, 6) is 7.03. The van der Waals surface area contributed by atoms with Crippen LogP contribution in [0.5, 0.6) is 5.75 Å². The van der Waals surface area contributed by atoms with Crippen LogP contribution in [-0.4, -0.2) is 15.7 Å². The third kappa shape index (κ3) is 3.77. The van der Waals surface area contributed by atoms with Gasteiger partial charge in [-0.2, -0.15) is 5.10 Å². The molecule has 0 N–H and O–H groups in total. The van der Waals surface area contributed by atoms with E-state index < -0.39 is 0 Å². The van der Waals surface area contributed by atoms with E-state index in [1.54, 1.807) is 10.9 Å². The maximum Gasteiger partial charge on any atom is 0.122 e. The van der Waals surface area contributed by atoms with Gasteiger partial charge in [-0.15, -0.1) is 11.6 Å². The second-order valence-corrected chi connectivity index (χ2v) is 4.49. The summed E-state index contributed by atoms with van der Waals surface area (Å²) in [6.45, 7) is 2.52. The zero-order chi connectivity index (χ0) is 13.7. The molecule has 0 atom stereocenters. The number of hydrogen-bond donors (Lipinski definition) is 0. The van der Waals surface area contributed by atoms with Crippen molar-refractivity contribution in [2.45, 2.75) is 13.5 Å². The maximum atomic E-state index is 5.77. The van der Waals surface area contributed by atoms with E-state index in [-0.39, 0.29) is 0 Å². The van der Waals surface area contributed by atoms with Crippen molar-refractivity contribution in [2.24, 2.45) is 7.05 Å². The van der Waals surface area contributed by atoms with Gasteiger partial charge in [0.15, 0.2) is 0 Å². The first kappa shape index (κ1) is 13.5. The van der Waals surface area contributed by atoms with Crippen molar-refractivity contribution in [3.05, 3.63) is 47.3 Å². The summed E-state index contributed by atoms with van der Waals surface area (Å²) in [5, 5.41) is 4.11. The second-order valence-electron chi connectivity index (χ2n) is 4.23. The molecule has 3 nitrogen and oxygen atoms in total. The van der Waals surface area contributed by atoms with E-state index in [2.05, 4.69) is 16.9 Å². The molecule has 0 radical (unpaired) electrons. The normalized spacial score (nSPS) is 9.84. The number of hydrogen-bond acceptors (Lipinski definition) is 2. The lowest BCUT2D eigenvalue weighted by molar-refractivity contribution is 0.304. The van der Waals surface area contributed by atoms with Crippen LogP contribution in [-0.2, 0) is 13.7 Å². The Morgan fingerprint density at radius 3 is 2.89 bits per heavy atom. The molecule has 19 heavy (non-hydrogen) atoms. The average molecular weight is 275 g/mol. The first-order valence-electron chi connectivity index (χ1n) is 5.95. The van der Waals surface area contributed by atoms with Gasteiger partial charge in [0, 0.05) is 24.4 Å². The topological polar surface area (TPSA) is 27.1 Å². The van der Waals surface area contributed by atoms with Gasteiger partial charge in [-0.1, -0.05) is 11.8 Å². The summed E-state index contributed by atoms with van der Waals surface area (Å²) in [6, 6.07) is 5.87. The van der Waals surface area contributed by atoms with Gasteiger partial charge in [-0.3, -0.25) is 4.68 Å². The molecule has 4 heteroatoms. The van der Waals surface area contributed by atoms with Crippen LogP contribution in [0, 0.1) is 18.8 Å². The zero-order valence-electron chi connectivity index (χ0n) is 11.0. The molecule has 2 aromatic rings. The Morgan fingerprint density at radius 1 is 1.42 bits per heavy atom. The van der Waals surface area contributed by atoms with Crippen molar-refractivity contribution in [3.8, 4) is 17.6 Å². The van der Waals surface area contributed by atoms with Gasteiger partial charge >= 0.3 is 0 Å². The Balaban J connectivity index is 2.05. The number of nitrogens with zero attached hydrogens (tertiary/aromatic N) is 2. The van der Waals surface area contributed by atoms with Crippen LogP contribution < -0.4 is 4.74 Å². The third-order valence-corrected chi connectivity index (χ3v) is 2.76. The Hall–Kier alpha value is -1.92. The summed E-state index contributed by atoms with van der Waals surface area (Å²) in [4.78, 5) is 0. The molecule has 0 saturated carbocycles. The molecular weight excluding hydrogens is 260 g/mol. The van der Waals surface area contributed by atoms with E-state index in [4.69, 9.17) is 16.3 Å². The number of benzene rings is 1. The Kier molecular flexibility index (Phi) is 4.48. The highest BCUT2D eigenvalue weighted by atomic mass is 35.5. The molecule has 0 fully saturated rings. The lowest BCUT2D eigenvalue weighted by atomic mass is 10.1. The molecule has 1 heterocycles. The van der Waals surface area contributed by atoms with Crippen molar-refractivity contribution in [3.63, 3.8) is 0 Å². The molecule has 1 aromatic carbocycles. The van der Waals surface area contributed by atoms with E-state index in [9.17, 15) is 0 Å². The van der Waals surface area contributed by atoms with Crippen molar-refractivity contribution in [2.75, 3.05) is 5.88 Å². The lowest BCUT2D eigenvalue weighted by Gasteiger charge is -2.08. The van der Waals surface area contributed by atoms with Gasteiger partial charge in [0.2, 0.25) is 0 Å². The van der Waals surface area contributed by atoms with Gasteiger partial charge < -0.3 is 4.74 Å². The van der Waals surface area contributed by atoms with E-state index in [1.165, 1.54) is 0 Å². The van der Waals surface area contributed by atoms with Crippen molar-refractivity contribution in [1.29, 1.82) is 0 Å². The largest absolute Gasteiger partial charge is 0.489 e. The van der Waals surface area contributed by atoms with Crippen molar-refractivity contribution >= 4 is 11.6 Å². The molecule has 0 aliphatic heterocycles. The fraction of sp³-hybridized carbons (Fsp3) is 0.267. The summed E-state index contributed by atoms with van der Waals surface area (Å²) < 4.78 is 7.53. The Bertz CT molecular complexity index is 623. The second kappa shape index (κ2) is 6.31. The van der Waals surface area contributed by atoms with Crippen LogP contribution in [0.15, 0.2) is 30.6 Å². The first-order chi connectivity index (χ1) is 9.19. The number of aryl methyl sites for hydroxylation is 2. The fourth-order valence-corrected chi connectivity index (χ4v) is 1.80. The highest BCUT2D eigenvalue weighted by Crippen LogP contribution is 2.20. The smallest absolute Gasteiger partial charge is 0.122 e. The Morgan fingerprint density at radius 2 is 2.26 bits per heavy atom. The van der Waals surface area contributed by atoms with Crippen LogP contribution in [0.1, 0.15) is 16.7 Å². The van der Waals surface area contributed by atoms with Crippen LogP contribution in [0.3, 0.4) is 0 Å². The van der Waals surface area contributed by atoms with Crippen LogP contribution >= 0.6 is 11.6 Å². The van der Waals surface area contributed by atoms with Crippen molar-refractivity contribution < 1.29 is 4.74 Å². The summed E-state index contributed by atoms with van der Waals surface area (Å²) in [6.07, 6.45) is 3.74. The lowest BCUT2D eigenvalue weighted by Crippen LogP contribution is -1.96. The quantitative estimate of drug-likeness (QED) is 0.636. The van der Waals surface area contributed by atoms with E-state index in [1.807, 2.05) is 38.4 Å². The van der Waals surface area contributed by atoms with Gasteiger partial charge in [0.1, 0.15) is 12.4 Å². The number of halogens is 1. The Labute approximate surface area is 118 Å². The zero-order valence-corrected chi connectivity index (χ0v) is 11.7. The summed E-state index contributed by atoms with van der Waals surface area (Å²) in [5.41, 5.74) is 3.06. The molecule has 0 amide bonds. The number of aromatic nitrogens is 2. The molecule has 0 saturated heterocycles. The van der Waals surface area contributed by atoms with Gasteiger partial charge in [0.05, 0.1) is 12.1 Å². The highest BCUT2D eigenvalue weighted by molar-refractivity contribution is 6.19. The molecule has 0 aliphatic carbocycles. The highest BCUT2D eigenvalue weighted by Gasteiger charge is 2.02. The number of ether oxygens (including phenoxy) is 1. The minimum atomic E-state index is 0.346. The molecule has 0 bridgehead atoms.